The van der Waals surface area contributed by atoms with E-state index in [-0.39, 0.29) is 17.8 Å². The number of methoxy groups -OCH3 is 1. The summed E-state index contributed by atoms with van der Waals surface area (Å²) in [5, 5.41) is 0. The fraction of sp³-hybridized carbons (Fsp3) is 0.219. The first-order valence-corrected chi connectivity index (χ1v) is 12.1. The lowest BCUT2D eigenvalue weighted by molar-refractivity contribution is 0.0667. The summed E-state index contributed by atoms with van der Waals surface area (Å²) in [7, 11) is 1.63. The second-order valence-corrected chi connectivity index (χ2v) is 8.75. The Kier molecular flexibility index (Phi) is 9.40. The van der Waals surface area contributed by atoms with Crippen molar-refractivity contribution in [3.05, 3.63) is 126 Å². The first kappa shape index (κ1) is 26.7. The molecule has 36 heavy (non-hydrogen) atoms. The molecule has 4 heteroatoms. The van der Waals surface area contributed by atoms with Crippen LogP contribution in [0.15, 0.2) is 109 Å². The second-order valence-electron chi connectivity index (χ2n) is 8.75. The van der Waals surface area contributed by atoms with Crippen LogP contribution >= 0.6 is 0 Å². The molecule has 1 atom stereocenters. The minimum atomic E-state index is -0.346. The van der Waals surface area contributed by atoms with Crippen LogP contribution in [0.3, 0.4) is 0 Å². The molecule has 0 N–H and O–H groups in total. The van der Waals surface area contributed by atoms with Crippen molar-refractivity contribution in [2.24, 2.45) is 0 Å². The summed E-state index contributed by atoms with van der Waals surface area (Å²) in [6, 6.07) is 21.5. The minimum absolute atomic E-state index is 0.0101. The van der Waals surface area contributed by atoms with Gasteiger partial charge < -0.3 is 9.64 Å². The summed E-state index contributed by atoms with van der Waals surface area (Å²) in [5.74, 6) is 0.272. The molecule has 3 aromatic carbocycles. The molecule has 3 nitrogen and oxygen atoms in total. The fourth-order valence-corrected chi connectivity index (χ4v) is 4.59. The fourth-order valence-electron chi connectivity index (χ4n) is 4.59. The van der Waals surface area contributed by atoms with Crippen molar-refractivity contribution in [3.63, 3.8) is 0 Å². The highest BCUT2D eigenvalue weighted by atomic mass is 19.1. The van der Waals surface area contributed by atoms with Gasteiger partial charge in [0.1, 0.15) is 11.6 Å². The van der Waals surface area contributed by atoms with Crippen LogP contribution in [-0.4, -0.2) is 24.0 Å². The van der Waals surface area contributed by atoms with Gasteiger partial charge in [-0.1, -0.05) is 78.9 Å². The molecule has 4 rings (SSSR count). The van der Waals surface area contributed by atoms with Gasteiger partial charge in [-0.25, -0.2) is 4.39 Å². The maximum atomic E-state index is 14.7. The van der Waals surface area contributed by atoms with Crippen molar-refractivity contribution in [3.8, 4) is 16.9 Å². The molecule has 0 aliphatic heterocycles. The Labute approximate surface area is 214 Å². The molecule has 0 spiro atoms. The van der Waals surface area contributed by atoms with E-state index in [0.717, 1.165) is 24.2 Å². The van der Waals surface area contributed by atoms with E-state index in [9.17, 15) is 9.18 Å². The van der Waals surface area contributed by atoms with Crippen LogP contribution in [0.25, 0.3) is 11.1 Å². The van der Waals surface area contributed by atoms with E-state index in [4.69, 9.17) is 4.74 Å². The average molecular weight is 484 g/mol. The van der Waals surface area contributed by atoms with Gasteiger partial charge in [-0.15, -0.1) is 6.58 Å². The zero-order chi connectivity index (χ0) is 26.1. The molecular formula is C32H34FNO2. The number of hydrogen-bond acceptors (Lipinski definition) is 2. The number of halogens is 1. The van der Waals surface area contributed by atoms with Crippen LogP contribution < -0.4 is 4.74 Å². The predicted octanol–water partition coefficient (Wildman–Crippen LogP) is 8.00. The van der Waals surface area contributed by atoms with Gasteiger partial charge in [-0.2, -0.15) is 0 Å². The minimum Gasteiger partial charge on any atom is -0.496 e. The Morgan fingerprint density at radius 3 is 2.25 bits per heavy atom. The highest BCUT2D eigenvalue weighted by Gasteiger charge is 2.31. The molecule has 1 aliphatic rings. The first-order chi connectivity index (χ1) is 17.4. The average Bonchev–Trinajstić information content (AvgIpc) is 3.28. The lowest BCUT2D eigenvalue weighted by atomic mass is 9.97. The highest BCUT2D eigenvalue weighted by Crippen LogP contribution is 2.35. The molecule has 0 heterocycles. The van der Waals surface area contributed by atoms with Crippen LogP contribution in [0.5, 0.6) is 5.75 Å². The van der Waals surface area contributed by atoms with Gasteiger partial charge in [0.05, 0.1) is 7.11 Å². The number of benzene rings is 3. The number of ether oxygens (including phenoxy) is 1. The maximum Gasteiger partial charge on any atom is 0.255 e. The molecule has 1 unspecified atom stereocenters. The Hall–Kier alpha value is -3.92. The lowest BCUT2D eigenvalue weighted by Crippen LogP contribution is -2.39. The predicted molar refractivity (Wildman–Crippen MR) is 146 cm³/mol. The summed E-state index contributed by atoms with van der Waals surface area (Å²) in [5.41, 5.74) is 4.86. The van der Waals surface area contributed by atoms with Crippen LogP contribution in [0.2, 0.25) is 0 Å². The molecule has 3 aromatic rings. The molecule has 0 aromatic heterocycles. The van der Waals surface area contributed by atoms with Gasteiger partial charge >= 0.3 is 0 Å². The van der Waals surface area contributed by atoms with Crippen molar-refractivity contribution >= 4 is 5.91 Å². The molecule has 186 valence electrons. The van der Waals surface area contributed by atoms with E-state index in [2.05, 4.69) is 20.1 Å². The monoisotopic (exact) mass is 483 g/mol. The quantitative estimate of drug-likeness (QED) is 0.319. The topological polar surface area (TPSA) is 29.5 Å². The normalized spacial score (nSPS) is 14.5. The first-order valence-electron chi connectivity index (χ1n) is 12.1. The second kappa shape index (κ2) is 12.7. The van der Waals surface area contributed by atoms with Crippen LogP contribution in [0.4, 0.5) is 4.39 Å². The number of amides is 1. The Balaban J connectivity index is 0.00000115. The lowest BCUT2D eigenvalue weighted by Gasteiger charge is -2.31. The third kappa shape index (κ3) is 6.01. The van der Waals surface area contributed by atoms with Crippen molar-refractivity contribution in [2.75, 3.05) is 7.11 Å². The van der Waals surface area contributed by atoms with Gasteiger partial charge in [-0.3, -0.25) is 4.79 Å². The van der Waals surface area contributed by atoms with Crippen molar-refractivity contribution < 1.29 is 13.9 Å². The standard InChI is InChI=1S/C29H28FNO2.C3H6/c1-4-21-18-23(17-20(21)2)31(19-22-11-5-10-16-28(22)33-3)29(32)26-14-7-6-12-24(26)25-13-8-9-15-27(25)30;1-3-2/h4-16,23H,1,17-19H2,2-3H3;3H,1H2,2H3. The van der Waals surface area contributed by atoms with E-state index < -0.39 is 0 Å². The van der Waals surface area contributed by atoms with Crippen LogP contribution in [-0.2, 0) is 6.54 Å². The number of para-hydroxylation sites is 1. The van der Waals surface area contributed by atoms with Crippen molar-refractivity contribution in [1.29, 1.82) is 0 Å². The Bertz CT molecular complexity index is 1260. The summed E-state index contributed by atoms with van der Waals surface area (Å²) >= 11 is 0. The number of allylic oxidation sites excluding steroid dienone is 2. The number of rotatable bonds is 7. The van der Waals surface area contributed by atoms with E-state index in [0.29, 0.717) is 23.2 Å². The number of nitrogens with zero attached hydrogens (tertiary/aromatic N) is 1. The SMILES string of the molecule is C=CC.C=CC1=C(C)CC(N(Cc2ccccc2OC)C(=O)c2ccccc2-c2ccccc2F)C1. The summed E-state index contributed by atoms with van der Waals surface area (Å²) in [6.07, 6.45) is 5.16. The molecule has 0 bridgehead atoms. The summed E-state index contributed by atoms with van der Waals surface area (Å²) in [6.45, 7) is 11.7. The zero-order valence-corrected chi connectivity index (χ0v) is 21.3. The zero-order valence-electron chi connectivity index (χ0n) is 21.3. The number of carbonyl (C=O) groups is 1. The van der Waals surface area contributed by atoms with Gasteiger partial charge in [0, 0.05) is 29.3 Å². The summed E-state index contributed by atoms with van der Waals surface area (Å²) < 4.78 is 20.2. The number of carbonyl (C=O) groups excluding carboxylic acids is 1. The molecule has 0 saturated heterocycles. The van der Waals surface area contributed by atoms with Crippen LogP contribution in [0.1, 0.15) is 42.6 Å². The molecule has 1 aliphatic carbocycles. The third-order valence-corrected chi connectivity index (χ3v) is 6.35. The summed E-state index contributed by atoms with van der Waals surface area (Å²) in [4.78, 5) is 16.0. The van der Waals surface area contributed by atoms with Gasteiger partial charge in [0.15, 0.2) is 0 Å². The van der Waals surface area contributed by atoms with E-state index in [1.165, 1.54) is 17.2 Å². The molecule has 1 amide bonds. The maximum absolute atomic E-state index is 14.7. The third-order valence-electron chi connectivity index (χ3n) is 6.35. The van der Waals surface area contributed by atoms with Gasteiger partial charge in [0.25, 0.3) is 5.91 Å². The molecule has 0 radical (unpaired) electrons. The Morgan fingerprint density at radius 1 is 1.00 bits per heavy atom. The van der Waals surface area contributed by atoms with Gasteiger partial charge in [0.2, 0.25) is 0 Å². The highest BCUT2D eigenvalue weighted by molar-refractivity contribution is 6.01. The van der Waals surface area contributed by atoms with Crippen LogP contribution in [0, 0.1) is 5.82 Å². The molecular weight excluding hydrogens is 449 g/mol. The van der Waals surface area contributed by atoms with Crippen molar-refractivity contribution in [2.45, 2.75) is 39.3 Å². The number of hydrogen-bond donors (Lipinski definition) is 0. The van der Waals surface area contributed by atoms with Gasteiger partial charge in [-0.05, 0) is 56.0 Å². The largest absolute Gasteiger partial charge is 0.496 e. The molecule has 0 saturated carbocycles. The molecule has 0 fully saturated rings. The van der Waals surface area contributed by atoms with E-state index in [1.807, 2.05) is 54.3 Å². The van der Waals surface area contributed by atoms with Crippen molar-refractivity contribution in [1.82, 2.24) is 4.90 Å². The van der Waals surface area contributed by atoms with E-state index >= 15 is 0 Å². The van der Waals surface area contributed by atoms with E-state index in [1.54, 1.807) is 43.5 Å². The smallest absolute Gasteiger partial charge is 0.255 e. The Morgan fingerprint density at radius 2 is 1.61 bits per heavy atom.